The van der Waals surface area contributed by atoms with Crippen molar-refractivity contribution in [1.29, 1.82) is 0 Å². The first-order chi connectivity index (χ1) is 13.1. The van der Waals surface area contributed by atoms with Crippen LogP contribution in [0.3, 0.4) is 0 Å². The number of piperazine rings is 1. The zero-order valence-electron chi connectivity index (χ0n) is 15.3. The summed E-state index contributed by atoms with van der Waals surface area (Å²) in [6, 6.07) is 9.46. The van der Waals surface area contributed by atoms with Gasteiger partial charge in [-0.05, 0) is 36.6 Å². The van der Waals surface area contributed by atoms with Crippen LogP contribution in [0.25, 0.3) is 11.1 Å². The molecule has 0 unspecified atom stereocenters. The van der Waals surface area contributed by atoms with Crippen molar-refractivity contribution in [3.63, 3.8) is 0 Å². The van der Waals surface area contributed by atoms with Gasteiger partial charge in [0.05, 0.1) is 0 Å². The number of hydrogen-bond donors (Lipinski definition) is 1. The first-order valence-corrected chi connectivity index (χ1v) is 9.52. The fourth-order valence-corrected chi connectivity index (χ4v) is 4.11. The van der Waals surface area contributed by atoms with Crippen LogP contribution >= 0.6 is 0 Å². The van der Waals surface area contributed by atoms with Gasteiger partial charge in [-0.1, -0.05) is 25.0 Å². The molecule has 0 radical (unpaired) electrons. The predicted molar refractivity (Wildman–Crippen MR) is 104 cm³/mol. The van der Waals surface area contributed by atoms with Crippen LogP contribution in [0.5, 0.6) is 0 Å². The largest absolute Gasteiger partial charge is 0.398 e. The number of pyridine rings is 1. The maximum Gasteiger partial charge on any atom is 0.254 e. The first-order valence-electron chi connectivity index (χ1n) is 9.52. The molecule has 2 fully saturated rings. The highest BCUT2D eigenvalue weighted by molar-refractivity contribution is 5.98. The second kappa shape index (κ2) is 7.39. The van der Waals surface area contributed by atoms with Crippen LogP contribution in [-0.4, -0.2) is 52.3 Å². The summed E-state index contributed by atoms with van der Waals surface area (Å²) in [5.74, 6) is -0.0482. The molecule has 2 aliphatic rings. The highest BCUT2D eigenvalue weighted by atomic mass is 16.2. The van der Waals surface area contributed by atoms with Crippen LogP contribution in [-0.2, 0) is 4.79 Å². The molecule has 2 aromatic rings. The number of nitrogens with zero attached hydrogens (tertiary/aromatic N) is 3. The molecule has 0 spiro atoms. The molecule has 1 saturated heterocycles. The molecular weight excluding hydrogens is 340 g/mol. The molecule has 0 atom stereocenters. The number of rotatable bonds is 3. The summed E-state index contributed by atoms with van der Waals surface area (Å²) in [5, 5.41) is 0. The average Bonchev–Trinajstić information content (AvgIpc) is 3.22. The molecule has 140 valence electrons. The lowest BCUT2D eigenvalue weighted by molar-refractivity contribution is -0.137. The highest BCUT2D eigenvalue weighted by Gasteiger charge is 2.33. The molecule has 2 N–H and O–H groups in total. The molecule has 1 aromatic carbocycles. The van der Waals surface area contributed by atoms with E-state index in [1.165, 1.54) is 12.8 Å². The van der Waals surface area contributed by atoms with Gasteiger partial charge in [-0.3, -0.25) is 14.6 Å². The molecule has 2 amide bonds. The van der Waals surface area contributed by atoms with E-state index in [9.17, 15) is 9.59 Å². The fourth-order valence-electron chi connectivity index (χ4n) is 4.11. The third kappa shape index (κ3) is 3.52. The van der Waals surface area contributed by atoms with Crippen molar-refractivity contribution in [2.24, 2.45) is 0 Å². The van der Waals surface area contributed by atoms with Crippen LogP contribution in [0.4, 0.5) is 5.69 Å². The molecule has 6 heteroatoms. The Morgan fingerprint density at radius 3 is 2.70 bits per heavy atom. The number of benzene rings is 1. The molecule has 0 bridgehead atoms. The lowest BCUT2D eigenvalue weighted by atomic mass is 10.0. The molecule has 27 heavy (non-hydrogen) atoms. The van der Waals surface area contributed by atoms with Crippen molar-refractivity contribution in [2.45, 2.75) is 31.7 Å². The Bertz CT molecular complexity index is 861. The monoisotopic (exact) mass is 364 g/mol. The van der Waals surface area contributed by atoms with Gasteiger partial charge in [0.2, 0.25) is 5.91 Å². The van der Waals surface area contributed by atoms with Crippen molar-refractivity contribution in [2.75, 3.05) is 25.4 Å². The van der Waals surface area contributed by atoms with Crippen molar-refractivity contribution in [3.05, 3.63) is 48.3 Å². The van der Waals surface area contributed by atoms with E-state index in [4.69, 9.17) is 5.73 Å². The third-order valence-corrected chi connectivity index (χ3v) is 5.59. The van der Waals surface area contributed by atoms with Crippen LogP contribution in [0, 0.1) is 0 Å². The number of carbonyl (C=O) groups excluding carboxylic acids is 2. The molecule has 1 aromatic heterocycles. The van der Waals surface area contributed by atoms with Gasteiger partial charge in [-0.25, -0.2) is 0 Å². The molecule has 1 aliphatic heterocycles. The Hall–Kier alpha value is -2.89. The van der Waals surface area contributed by atoms with E-state index in [2.05, 4.69) is 4.98 Å². The first kappa shape index (κ1) is 17.5. The van der Waals surface area contributed by atoms with Gasteiger partial charge in [-0.15, -0.1) is 0 Å². The number of nitrogen functional groups attached to an aromatic ring is 1. The summed E-state index contributed by atoms with van der Waals surface area (Å²) < 4.78 is 0. The minimum atomic E-state index is -0.112. The summed E-state index contributed by atoms with van der Waals surface area (Å²) in [7, 11) is 0. The van der Waals surface area contributed by atoms with Gasteiger partial charge in [-0.2, -0.15) is 0 Å². The van der Waals surface area contributed by atoms with Gasteiger partial charge >= 0.3 is 0 Å². The van der Waals surface area contributed by atoms with Crippen molar-refractivity contribution in [1.82, 2.24) is 14.8 Å². The van der Waals surface area contributed by atoms with Gasteiger partial charge < -0.3 is 15.5 Å². The van der Waals surface area contributed by atoms with Crippen molar-refractivity contribution >= 4 is 17.5 Å². The van der Waals surface area contributed by atoms with E-state index in [-0.39, 0.29) is 18.4 Å². The summed E-state index contributed by atoms with van der Waals surface area (Å²) >= 11 is 0. The fraction of sp³-hybridized carbons (Fsp3) is 0.381. The zero-order chi connectivity index (χ0) is 18.8. The number of nitrogens with two attached hydrogens (primary N) is 1. The highest BCUT2D eigenvalue weighted by Crippen LogP contribution is 2.27. The van der Waals surface area contributed by atoms with Crippen molar-refractivity contribution < 1.29 is 9.59 Å². The second-order valence-corrected chi connectivity index (χ2v) is 7.30. The molecule has 6 nitrogen and oxygen atoms in total. The summed E-state index contributed by atoms with van der Waals surface area (Å²) in [5.41, 5.74) is 8.87. The van der Waals surface area contributed by atoms with E-state index in [0.29, 0.717) is 30.4 Å². The van der Waals surface area contributed by atoms with E-state index in [1.807, 2.05) is 23.1 Å². The standard InChI is InChI=1S/C21H24N4O2/c22-19-8-9-23-13-18(19)15-4-3-5-16(12-15)21(27)24-10-11-25(20(26)14-24)17-6-1-2-7-17/h3-5,8-9,12-13,17H,1-2,6-7,10-11,14H2,(H2,22,23). The Morgan fingerprint density at radius 2 is 1.96 bits per heavy atom. The Kier molecular flexibility index (Phi) is 4.79. The van der Waals surface area contributed by atoms with Crippen molar-refractivity contribution in [3.8, 4) is 11.1 Å². The number of carbonyl (C=O) groups is 2. The minimum absolute atomic E-state index is 0.0640. The van der Waals surface area contributed by atoms with Crippen LogP contribution in [0.15, 0.2) is 42.7 Å². The van der Waals surface area contributed by atoms with Crippen LogP contribution in [0.2, 0.25) is 0 Å². The Balaban J connectivity index is 1.50. The lowest BCUT2D eigenvalue weighted by Crippen LogP contribution is -2.54. The summed E-state index contributed by atoms with van der Waals surface area (Å²) in [6.07, 6.45) is 7.91. The maximum atomic E-state index is 13.0. The predicted octanol–water partition coefficient (Wildman–Crippen LogP) is 2.56. The molecule has 4 rings (SSSR count). The second-order valence-electron chi connectivity index (χ2n) is 7.30. The lowest BCUT2D eigenvalue weighted by Gasteiger charge is -2.37. The van der Waals surface area contributed by atoms with Crippen LogP contribution in [0.1, 0.15) is 36.0 Å². The summed E-state index contributed by atoms with van der Waals surface area (Å²) in [4.78, 5) is 33.3. The van der Waals surface area contributed by atoms with E-state index in [1.54, 1.807) is 29.4 Å². The summed E-state index contributed by atoms with van der Waals surface area (Å²) in [6.45, 7) is 1.37. The van der Waals surface area contributed by atoms with E-state index < -0.39 is 0 Å². The number of hydrogen-bond acceptors (Lipinski definition) is 4. The van der Waals surface area contributed by atoms with Gasteiger partial charge in [0.25, 0.3) is 5.91 Å². The molecule has 1 aliphatic carbocycles. The Morgan fingerprint density at radius 1 is 1.15 bits per heavy atom. The van der Waals surface area contributed by atoms with E-state index >= 15 is 0 Å². The number of amides is 2. The SMILES string of the molecule is Nc1ccncc1-c1cccc(C(=O)N2CCN(C3CCCC3)C(=O)C2)c1. The van der Waals surface area contributed by atoms with Crippen LogP contribution < -0.4 is 5.73 Å². The quantitative estimate of drug-likeness (QED) is 0.908. The third-order valence-electron chi connectivity index (χ3n) is 5.59. The molecule has 1 saturated carbocycles. The molecular formula is C21H24N4O2. The minimum Gasteiger partial charge on any atom is -0.398 e. The Labute approximate surface area is 159 Å². The topological polar surface area (TPSA) is 79.5 Å². The normalized spacial score (nSPS) is 18.1. The van der Waals surface area contributed by atoms with Gasteiger partial charge in [0.1, 0.15) is 6.54 Å². The number of anilines is 1. The number of aromatic nitrogens is 1. The molecule has 2 heterocycles. The van der Waals surface area contributed by atoms with Gasteiger partial charge in [0.15, 0.2) is 0 Å². The zero-order valence-corrected chi connectivity index (χ0v) is 15.3. The van der Waals surface area contributed by atoms with Gasteiger partial charge in [0, 0.05) is 48.3 Å². The smallest absolute Gasteiger partial charge is 0.254 e. The van der Waals surface area contributed by atoms with E-state index in [0.717, 1.165) is 24.0 Å². The maximum absolute atomic E-state index is 13.0. The average molecular weight is 364 g/mol.